The highest BCUT2D eigenvalue weighted by molar-refractivity contribution is 5.70. The summed E-state index contributed by atoms with van der Waals surface area (Å²) in [5, 5.41) is 0. The molecule has 0 atom stereocenters. The molecule has 0 aliphatic carbocycles. The lowest BCUT2D eigenvalue weighted by Gasteiger charge is -2.18. The van der Waals surface area contributed by atoms with E-state index in [0.717, 1.165) is 13.0 Å². The Morgan fingerprint density at radius 3 is 2.35 bits per heavy atom. The van der Waals surface area contributed by atoms with E-state index in [2.05, 4.69) is 4.90 Å². The molecule has 1 aromatic carbocycles. The number of benzene rings is 1. The van der Waals surface area contributed by atoms with Crippen LogP contribution in [0.3, 0.4) is 0 Å². The van der Waals surface area contributed by atoms with Crippen molar-refractivity contribution in [1.82, 2.24) is 9.80 Å². The van der Waals surface area contributed by atoms with Crippen LogP contribution in [0.1, 0.15) is 6.42 Å². The van der Waals surface area contributed by atoms with E-state index in [-0.39, 0.29) is 6.09 Å². The topological polar surface area (TPSA) is 32.8 Å². The molecule has 0 spiro atoms. The van der Waals surface area contributed by atoms with Crippen LogP contribution in [0.4, 0.5) is 4.79 Å². The Labute approximate surface area is 103 Å². The van der Waals surface area contributed by atoms with Crippen LogP contribution in [0.5, 0.6) is 5.75 Å². The van der Waals surface area contributed by atoms with E-state index in [9.17, 15) is 4.79 Å². The fourth-order valence-electron chi connectivity index (χ4n) is 1.38. The lowest BCUT2D eigenvalue weighted by molar-refractivity contribution is 0.161. The molecule has 0 aromatic heterocycles. The second-order valence-corrected chi connectivity index (χ2v) is 4.26. The Balaban J connectivity index is 2.32. The number of hydrogen-bond acceptors (Lipinski definition) is 3. The Hall–Kier alpha value is -1.55. The van der Waals surface area contributed by atoms with Crippen LogP contribution >= 0.6 is 0 Å². The molecule has 4 nitrogen and oxygen atoms in total. The third-order valence-corrected chi connectivity index (χ3v) is 2.36. The molecular weight excluding hydrogens is 216 g/mol. The van der Waals surface area contributed by atoms with Gasteiger partial charge in [-0.25, -0.2) is 4.79 Å². The van der Waals surface area contributed by atoms with Crippen molar-refractivity contribution in [2.75, 3.05) is 34.2 Å². The van der Waals surface area contributed by atoms with Gasteiger partial charge in [0.05, 0.1) is 0 Å². The number of carbonyl (C=O) groups is 1. The van der Waals surface area contributed by atoms with Gasteiger partial charge in [-0.2, -0.15) is 0 Å². The molecule has 0 saturated heterocycles. The smallest absolute Gasteiger partial charge is 0.410 e. The van der Waals surface area contributed by atoms with Gasteiger partial charge in [0.1, 0.15) is 5.75 Å². The highest BCUT2D eigenvalue weighted by atomic mass is 16.6. The molecule has 0 aliphatic rings. The summed E-state index contributed by atoms with van der Waals surface area (Å²) in [4.78, 5) is 15.4. The Morgan fingerprint density at radius 2 is 1.76 bits per heavy atom. The number of hydrogen-bond donors (Lipinski definition) is 0. The standard InChI is InChI=1S/C13H20N2O2/c1-14(2)10-7-11-15(3)13(16)17-12-8-5-4-6-9-12/h4-6,8-9H,7,10-11H2,1-3H3. The molecule has 4 heteroatoms. The van der Waals surface area contributed by atoms with Crippen molar-refractivity contribution in [2.45, 2.75) is 6.42 Å². The fourth-order valence-corrected chi connectivity index (χ4v) is 1.38. The van der Waals surface area contributed by atoms with E-state index in [4.69, 9.17) is 4.74 Å². The van der Waals surface area contributed by atoms with Crippen molar-refractivity contribution in [3.8, 4) is 5.75 Å². The first-order valence-electron chi connectivity index (χ1n) is 5.72. The maximum atomic E-state index is 11.7. The van der Waals surface area contributed by atoms with Gasteiger partial charge in [-0.1, -0.05) is 18.2 Å². The third kappa shape index (κ3) is 5.36. The average Bonchev–Trinajstić information content (AvgIpc) is 2.29. The minimum absolute atomic E-state index is 0.310. The zero-order chi connectivity index (χ0) is 12.7. The molecule has 1 rings (SSSR count). The van der Waals surface area contributed by atoms with Gasteiger partial charge in [0.25, 0.3) is 0 Å². The second kappa shape index (κ2) is 6.91. The lowest BCUT2D eigenvalue weighted by Crippen LogP contribution is -2.32. The maximum absolute atomic E-state index is 11.7. The Morgan fingerprint density at radius 1 is 1.12 bits per heavy atom. The van der Waals surface area contributed by atoms with Crippen LogP contribution in [0.15, 0.2) is 30.3 Å². The molecule has 0 N–H and O–H groups in total. The van der Waals surface area contributed by atoms with Gasteiger partial charge in [-0.05, 0) is 39.2 Å². The quantitative estimate of drug-likeness (QED) is 0.784. The van der Waals surface area contributed by atoms with Crippen molar-refractivity contribution in [3.63, 3.8) is 0 Å². The molecule has 0 bridgehead atoms. The number of amides is 1. The molecule has 1 aromatic rings. The third-order valence-electron chi connectivity index (χ3n) is 2.36. The van der Waals surface area contributed by atoms with Gasteiger partial charge >= 0.3 is 6.09 Å². The van der Waals surface area contributed by atoms with E-state index in [0.29, 0.717) is 12.3 Å². The van der Waals surface area contributed by atoms with Crippen LogP contribution in [0.2, 0.25) is 0 Å². The van der Waals surface area contributed by atoms with E-state index < -0.39 is 0 Å². The molecule has 0 radical (unpaired) electrons. The summed E-state index contributed by atoms with van der Waals surface area (Å²) in [6.45, 7) is 1.66. The zero-order valence-electron chi connectivity index (χ0n) is 10.7. The zero-order valence-corrected chi connectivity index (χ0v) is 10.7. The second-order valence-electron chi connectivity index (χ2n) is 4.26. The molecule has 0 unspecified atom stereocenters. The van der Waals surface area contributed by atoms with Crippen LogP contribution in [-0.2, 0) is 0 Å². The molecule has 0 heterocycles. The van der Waals surface area contributed by atoms with Gasteiger partial charge in [-0.3, -0.25) is 0 Å². The lowest BCUT2D eigenvalue weighted by atomic mass is 10.3. The highest BCUT2D eigenvalue weighted by Gasteiger charge is 2.10. The van der Waals surface area contributed by atoms with E-state index >= 15 is 0 Å². The van der Waals surface area contributed by atoms with Gasteiger partial charge in [0.2, 0.25) is 0 Å². The van der Waals surface area contributed by atoms with E-state index in [1.807, 2.05) is 32.3 Å². The van der Waals surface area contributed by atoms with Crippen LogP contribution < -0.4 is 4.74 Å². The monoisotopic (exact) mass is 236 g/mol. The predicted molar refractivity (Wildman–Crippen MR) is 68.3 cm³/mol. The van der Waals surface area contributed by atoms with E-state index in [1.165, 1.54) is 0 Å². The largest absolute Gasteiger partial charge is 0.414 e. The summed E-state index contributed by atoms with van der Waals surface area (Å²) in [5.41, 5.74) is 0. The van der Waals surface area contributed by atoms with Gasteiger partial charge in [0, 0.05) is 13.6 Å². The van der Waals surface area contributed by atoms with Gasteiger partial charge in [0.15, 0.2) is 0 Å². The number of ether oxygens (including phenoxy) is 1. The highest BCUT2D eigenvalue weighted by Crippen LogP contribution is 2.09. The minimum Gasteiger partial charge on any atom is -0.410 e. The first-order valence-corrected chi connectivity index (χ1v) is 5.72. The predicted octanol–water partition coefficient (Wildman–Crippen LogP) is 2.07. The molecule has 0 fully saturated rings. The molecular formula is C13H20N2O2. The molecule has 0 aliphatic heterocycles. The van der Waals surface area contributed by atoms with Gasteiger partial charge in [-0.15, -0.1) is 0 Å². The first kappa shape index (κ1) is 13.5. The minimum atomic E-state index is -0.310. The molecule has 1 amide bonds. The molecule has 0 saturated carbocycles. The number of carbonyl (C=O) groups excluding carboxylic acids is 1. The van der Waals surface area contributed by atoms with Crippen molar-refractivity contribution >= 4 is 6.09 Å². The summed E-state index contributed by atoms with van der Waals surface area (Å²) >= 11 is 0. The average molecular weight is 236 g/mol. The number of nitrogens with zero attached hydrogens (tertiary/aromatic N) is 2. The SMILES string of the molecule is CN(C)CCCN(C)C(=O)Oc1ccccc1. The van der Waals surface area contributed by atoms with Crippen LogP contribution in [-0.4, -0.2) is 50.1 Å². The number of rotatable bonds is 5. The molecule has 17 heavy (non-hydrogen) atoms. The van der Waals surface area contributed by atoms with Crippen molar-refractivity contribution in [3.05, 3.63) is 30.3 Å². The van der Waals surface area contributed by atoms with Crippen LogP contribution in [0.25, 0.3) is 0 Å². The fraction of sp³-hybridized carbons (Fsp3) is 0.462. The molecule has 94 valence electrons. The Bertz CT molecular complexity index is 339. The summed E-state index contributed by atoms with van der Waals surface area (Å²) in [6, 6.07) is 9.11. The van der Waals surface area contributed by atoms with Crippen molar-refractivity contribution < 1.29 is 9.53 Å². The van der Waals surface area contributed by atoms with Gasteiger partial charge < -0.3 is 14.5 Å². The summed E-state index contributed by atoms with van der Waals surface area (Å²) in [7, 11) is 5.78. The van der Waals surface area contributed by atoms with Crippen molar-refractivity contribution in [1.29, 1.82) is 0 Å². The number of para-hydroxylation sites is 1. The normalized spacial score (nSPS) is 10.4. The van der Waals surface area contributed by atoms with Crippen molar-refractivity contribution in [2.24, 2.45) is 0 Å². The Kier molecular flexibility index (Phi) is 5.49. The summed E-state index contributed by atoms with van der Waals surface area (Å²) in [5.74, 6) is 0.581. The van der Waals surface area contributed by atoms with E-state index in [1.54, 1.807) is 24.1 Å². The summed E-state index contributed by atoms with van der Waals surface area (Å²) in [6.07, 6.45) is 0.628. The summed E-state index contributed by atoms with van der Waals surface area (Å²) < 4.78 is 5.21. The first-order chi connectivity index (χ1) is 8.09. The maximum Gasteiger partial charge on any atom is 0.414 e. The van der Waals surface area contributed by atoms with Crippen LogP contribution in [0, 0.1) is 0 Å².